The Balaban J connectivity index is 3.24. The van der Waals surface area contributed by atoms with Crippen molar-refractivity contribution in [3.63, 3.8) is 0 Å². The van der Waals surface area contributed by atoms with E-state index in [1.807, 2.05) is 0 Å². The Morgan fingerprint density at radius 1 is 0.600 bits per heavy atom. The molecule has 0 aromatic carbocycles. The summed E-state index contributed by atoms with van der Waals surface area (Å²) < 4.78 is 4.67. The van der Waals surface area contributed by atoms with Crippen molar-refractivity contribution >= 4 is 5.97 Å². The Morgan fingerprint density at radius 2 is 1.00 bits per heavy atom. The van der Waals surface area contributed by atoms with Gasteiger partial charge in [-0.1, -0.05) is 121 Å². The summed E-state index contributed by atoms with van der Waals surface area (Å²) in [5, 5.41) is 0. The normalized spacial score (nSPS) is 11.8. The fourth-order valence-corrected chi connectivity index (χ4v) is 4.09. The zero-order valence-corrected chi connectivity index (χ0v) is 21.0. The van der Waals surface area contributed by atoms with E-state index >= 15 is 0 Å². The number of carbonyl (C=O) groups excluding carboxylic acids is 1. The van der Waals surface area contributed by atoms with E-state index in [9.17, 15) is 4.79 Å². The highest BCUT2D eigenvalue weighted by Crippen LogP contribution is 2.15. The lowest BCUT2D eigenvalue weighted by Crippen LogP contribution is -1.99. The second kappa shape index (κ2) is 24.5. The van der Waals surface area contributed by atoms with Crippen molar-refractivity contribution in [2.75, 3.05) is 7.11 Å². The molecule has 0 fully saturated rings. The first-order valence-corrected chi connectivity index (χ1v) is 13.4. The quantitative estimate of drug-likeness (QED) is 0.0930. The zero-order valence-electron chi connectivity index (χ0n) is 21.0. The van der Waals surface area contributed by atoms with E-state index in [-0.39, 0.29) is 5.97 Å². The number of esters is 1. The van der Waals surface area contributed by atoms with Gasteiger partial charge >= 0.3 is 5.97 Å². The van der Waals surface area contributed by atoms with Crippen molar-refractivity contribution in [1.82, 2.24) is 0 Å². The first kappa shape index (κ1) is 29.2. The van der Waals surface area contributed by atoms with Crippen molar-refractivity contribution in [1.29, 1.82) is 0 Å². The summed E-state index contributed by atoms with van der Waals surface area (Å²) >= 11 is 0. The molecule has 0 amide bonds. The predicted molar refractivity (Wildman–Crippen MR) is 133 cm³/mol. The Kier molecular flexibility index (Phi) is 23.8. The van der Waals surface area contributed by atoms with Crippen LogP contribution in [0.25, 0.3) is 0 Å². The van der Waals surface area contributed by atoms with Gasteiger partial charge in [-0.25, -0.2) is 0 Å². The summed E-state index contributed by atoms with van der Waals surface area (Å²) in [7, 11) is 1.47. The van der Waals surface area contributed by atoms with Crippen LogP contribution in [-0.4, -0.2) is 13.1 Å². The van der Waals surface area contributed by atoms with Gasteiger partial charge in [-0.15, -0.1) is 0 Å². The second-order valence-corrected chi connectivity index (χ2v) is 9.28. The van der Waals surface area contributed by atoms with Crippen molar-refractivity contribution in [3.05, 3.63) is 11.6 Å². The summed E-state index contributed by atoms with van der Waals surface area (Å²) in [6.07, 6.45) is 31.6. The molecule has 0 aliphatic rings. The van der Waals surface area contributed by atoms with E-state index < -0.39 is 0 Å². The lowest BCUT2D eigenvalue weighted by Gasteiger charge is -2.04. The number of hydrogen-bond acceptors (Lipinski definition) is 2. The van der Waals surface area contributed by atoms with Crippen LogP contribution in [-0.2, 0) is 9.53 Å². The van der Waals surface area contributed by atoms with Gasteiger partial charge < -0.3 is 4.74 Å². The minimum Gasteiger partial charge on any atom is -0.469 e. The number of methoxy groups -OCH3 is 1. The molecule has 0 N–H and O–H groups in total. The summed E-state index contributed by atoms with van der Waals surface area (Å²) in [6, 6.07) is 0. The van der Waals surface area contributed by atoms with Crippen LogP contribution in [0.15, 0.2) is 11.6 Å². The van der Waals surface area contributed by atoms with Crippen LogP contribution >= 0.6 is 0 Å². The molecule has 2 nitrogen and oxygen atoms in total. The fraction of sp³-hybridized carbons (Fsp3) is 0.893. The molecule has 0 radical (unpaired) electrons. The molecule has 0 atom stereocenters. The molecule has 0 aromatic heterocycles. The fourth-order valence-electron chi connectivity index (χ4n) is 4.09. The molecular weight excluding hydrogens is 368 g/mol. The van der Waals surface area contributed by atoms with Gasteiger partial charge in [-0.3, -0.25) is 4.79 Å². The van der Waals surface area contributed by atoms with Gasteiger partial charge in [0.05, 0.1) is 7.11 Å². The van der Waals surface area contributed by atoms with Crippen LogP contribution in [0.2, 0.25) is 0 Å². The van der Waals surface area contributed by atoms with E-state index in [0.717, 1.165) is 12.8 Å². The zero-order chi connectivity index (χ0) is 22.1. The Labute approximate surface area is 189 Å². The number of unbranched alkanes of at least 4 members (excludes halogenated alkanes) is 18. The summed E-state index contributed by atoms with van der Waals surface area (Å²) in [4.78, 5) is 11.0. The number of ether oxygens (including phenoxy) is 1. The maximum atomic E-state index is 11.0. The Bertz CT molecular complexity index is 386. The van der Waals surface area contributed by atoms with Gasteiger partial charge in [0.15, 0.2) is 0 Å². The second-order valence-electron chi connectivity index (χ2n) is 9.28. The molecule has 0 saturated carbocycles. The van der Waals surface area contributed by atoms with Crippen LogP contribution in [0, 0.1) is 0 Å². The average molecular weight is 423 g/mol. The molecule has 0 heterocycles. The Morgan fingerprint density at radius 3 is 1.47 bits per heavy atom. The molecule has 0 spiro atoms. The van der Waals surface area contributed by atoms with E-state index in [1.54, 1.807) is 5.57 Å². The number of allylic oxidation sites excluding steroid dienone is 2. The molecule has 178 valence electrons. The third kappa shape index (κ3) is 23.5. The summed E-state index contributed by atoms with van der Waals surface area (Å²) in [5.41, 5.74) is 1.55. The van der Waals surface area contributed by atoms with Crippen LogP contribution in [0.5, 0.6) is 0 Å². The molecule has 0 saturated heterocycles. The number of hydrogen-bond donors (Lipinski definition) is 0. The predicted octanol–water partition coefficient (Wildman–Crippen LogP) is 9.71. The van der Waals surface area contributed by atoms with Gasteiger partial charge in [0.1, 0.15) is 0 Å². The highest BCUT2D eigenvalue weighted by Gasteiger charge is 1.99. The lowest BCUT2D eigenvalue weighted by atomic mass is 10.0. The van der Waals surface area contributed by atoms with Crippen LogP contribution in [0.1, 0.15) is 155 Å². The van der Waals surface area contributed by atoms with Crippen molar-refractivity contribution < 1.29 is 9.53 Å². The maximum absolute atomic E-state index is 11.0. The monoisotopic (exact) mass is 422 g/mol. The molecule has 0 aromatic rings. The van der Waals surface area contributed by atoms with Crippen molar-refractivity contribution in [3.8, 4) is 0 Å². The smallest absolute Gasteiger partial charge is 0.305 e. The summed E-state index contributed by atoms with van der Waals surface area (Å²) in [5.74, 6) is -0.0745. The number of carbonyl (C=O) groups is 1. The molecule has 30 heavy (non-hydrogen) atoms. The van der Waals surface area contributed by atoms with Gasteiger partial charge in [0, 0.05) is 6.42 Å². The van der Waals surface area contributed by atoms with Crippen LogP contribution in [0.4, 0.5) is 0 Å². The molecular formula is C28H54O2. The van der Waals surface area contributed by atoms with Gasteiger partial charge in [0.2, 0.25) is 0 Å². The topological polar surface area (TPSA) is 26.3 Å². The number of rotatable bonds is 23. The standard InChI is InChI=1S/C28H54O2/c1-4-5-6-7-8-9-10-11-12-13-14-15-16-17-18-21-24-27(2)25-22-19-20-23-26-28(29)30-3/h24H,4-23,25-26H2,1-3H3. The van der Waals surface area contributed by atoms with Gasteiger partial charge in [-0.05, 0) is 39.0 Å². The van der Waals surface area contributed by atoms with Crippen molar-refractivity contribution in [2.24, 2.45) is 0 Å². The Hall–Kier alpha value is -0.790. The lowest BCUT2D eigenvalue weighted by molar-refractivity contribution is -0.140. The third-order valence-electron chi connectivity index (χ3n) is 6.23. The third-order valence-corrected chi connectivity index (χ3v) is 6.23. The van der Waals surface area contributed by atoms with E-state index in [2.05, 4.69) is 24.7 Å². The van der Waals surface area contributed by atoms with Crippen molar-refractivity contribution in [2.45, 2.75) is 155 Å². The average Bonchev–Trinajstić information content (AvgIpc) is 2.75. The van der Waals surface area contributed by atoms with E-state index in [1.165, 1.54) is 129 Å². The molecule has 0 aliphatic heterocycles. The molecule has 2 heteroatoms. The van der Waals surface area contributed by atoms with Crippen LogP contribution in [0.3, 0.4) is 0 Å². The molecule has 0 bridgehead atoms. The van der Waals surface area contributed by atoms with Gasteiger partial charge in [0.25, 0.3) is 0 Å². The first-order chi connectivity index (χ1) is 14.7. The minimum absolute atomic E-state index is 0.0745. The van der Waals surface area contributed by atoms with Gasteiger partial charge in [-0.2, -0.15) is 0 Å². The highest BCUT2D eigenvalue weighted by molar-refractivity contribution is 5.68. The molecule has 0 rings (SSSR count). The van der Waals surface area contributed by atoms with E-state index in [4.69, 9.17) is 0 Å². The minimum atomic E-state index is -0.0745. The largest absolute Gasteiger partial charge is 0.469 e. The highest BCUT2D eigenvalue weighted by atomic mass is 16.5. The first-order valence-electron chi connectivity index (χ1n) is 13.4. The molecule has 0 aliphatic carbocycles. The van der Waals surface area contributed by atoms with E-state index in [0.29, 0.717) is 6.42 Å². The molecule has 0 unspecified atom stereocenters. The van der Waals surface area contributed by atoms with Crippen LogP contribution < -0.4 is 0 Å². The maximum Gasteiger partial charge on any atom is 0.305 e. The SMILES string of the molecule is CCCCCCCCCCCCCCCCCC=C(C)CCCCCCC(=O)OC. The summed E-state index contributed by atoms with van der Waals surface area (Å²) in [6.45, 7) is 4.57.